The fraction of sp³-hybridized carbons (Fsp3) is 0.333. The molecule has 4 aromatic rings. The van der Waals surface area contributed by atoms with Crippen molar-refractivity contribution in [2.75, 3.05) is 13.2 Å². The molecule has 0 aromatic heterocycles. The Hall–Kier alpha value is -1.97. The Morgan fingerprint density at radius 1 is 0.549 bits per heavy atom. The van der Waals surface area contributed by atoms with Gasteiger partial charge in [-0.05, 0) is 111 Å². The molecule has 0 saturated carbocycles. The van der Waals surface area contributed by atoms with Crippen LogP contribution in [-0.2, 0) is 67.0 Å². The van der Waals surface area contributed by atoms with Gasteiger partial charge in [-0.3, -0.25) is 0 Å². The molecular formula is C42H48NiO2S6-4. The molecule has 0 saturated heterocycles. The second-order valence-corrected chi connectivity index (χ2v) is 17.3. The van der Waals surface area contributed by atoms with E-state index in [4.69, 9.17) is 60.0 Å². The van der Waals surface area contributed by atoms with E-state index in [-0.39, 0.29) is 16.5 Å². The molecule has 0 atom stereocenters. The van der Waals surface area contributed by atoms with Gasteiger partial charge in [-0.25, -0.2) is 0 Å². The zero-order valence-electron chi connectivity index (χ0n) is 30.6. The predicted molar refractivity (Wildman–Crippen MR) is 230 cm³/mol. The van der Waals surface area contributed by atoms with E-state index < -0.39 is 0 Å². The molecule has 0 aliphatic rings. The summed E-state index contributed by atoms with van der Waals surface area (Å²) < 4.78 is 13.4. The van der Waals surface area contributed by atoms with E-state index in [1.807, 2.05) is 48.5 Å². The molecule has 0 amide bonds. The van der Waals surface area contributed by atoms with Gasteiger partial charge in [-0.15, -0.1) is 23.5 Å². The third-order valence-electron chi connectivity index (χ3n) is 7.63. The Morgan fingerprint density at radius 2 is 0.902 bits per heavy atom. The summed E-state index contributed by atoms with van der Waals surface area (Å²) in [4.78, 5) is 3.66. The normalized spacial score (nSPS) is 12.0. The molecule has 0 heterocycles. The van der Waals surface area contributed by atoms with Crippen LogP contribution in [0.15, 0.2) is 103 Å². The van der Waals surface area contributed by atoms with Crippen molar-refractivity contribution in [3.05, 3.63) is 127 Å². The number of aryl methyl sites for hydroxylation is 4. The maximum Gasteiger partial charge on any atom is 0.124 e. The van der Waals surface area contributed by atoms with E-state index in [9.17, 15) is 0 Å². The van der Waals surface area contributed by atoms with Crippen LogP contribution in [-0.4, -0.2) is 13.2 Å². The van der Waals surface area contributed by atoms with Crippen molar-refractivity contribution < 1.29 is 26.0 Å². The van der Waals surface area contributed by atoms with E-state index in [0.717, 1.165) is 56.4 Å². The Morgan fingerprint density at radius 3 is 1.24 bits per heavy atom. The SMILES string of the molecule is Cc1ccc(OCCC(C)C)c(/C([S-])=C(/[S-])Sc2ccccc2C)c1.Cc1ccc(OCCC(C)C)c(/C([S-])=C(/[S-])Sc2ccccc2C)c1.[Ni]. The number of rotatable bonds is 14. The number of hydrogen-bond donors (Lipinski definition) is 0. The van der Waals surface area contributed by atoms with E-state index in [1.54, 1.807) is 23.5 Å². The fourth-order valence-corrected chi connectivity index (χ4v) is 7.44. The molecule has 0 N–H and O–H groups in total. The van der Waals surface area contributed by atoms with Crippen LogP contribution in [0.3, 0.4) is 0 Å². The van der Waals surface area contributed by atoms with Crippen molar-refractivity contribution in [1.29, 1.82) is 0 Å². The van der Waals surface area contributed by atoms with Crippen molar-refractivity contribution in [3.8, 4) is 11.5 Å². The first-order valence-electron chi connectivity index (χ1n) is 16.9. The summed E-state index contributed by atoms with van der Waals surface area (Å²) in [6.45, 7) is 18.4. The van der Waals surface area contributed by atoms with E-state index in [0.29, 0.717) is 43.3 Å². The van der Waals surface area contributed by atoms with Crippen LogP contribution in [0.5, 0.6) is 11.5 Å². The summed E-state index contributed by atoms with van der Waals surface area (Å²) in [5, 5.41) is 0. The van der Waals surface area contributed by atoms with Gasteiger partial charge in [0.15, 0.2) is 0 Å². The maximum atomic E-state index is 5.99. The molecule has 51 heavy (non-hydrogen) atoms. The van der Waals surface area contributed by atoms with Crippen LogP contribution < -0.4 is 9.47 Å². The van der Waals surface area contributed by atoms with E-state index in [2.05, 4.69) is 91.8 Å². The Balaban J connectivity index is 0.000000347. The first kappa shape index (κ1) is 45.2. The first-order valence-corrected chi connectivity index (χ1v) is 20.1. The molecule has 0 bridgehead atoms. The smallest absolute Gasteiger partial charge is 0.124 e. The van der Waals surface area contributed by atoms with Crippen LogP contribution in [0.1, 0.15) is 73.9 Å². The van der Waals surface area contributed by atoms with Gasteiger partial charge in [0.2, 0.25) is 0 Å². The third-order valence-corrected chi connectivity index (χ3v) is 12.0. The minimum atomic E-state index is 0. The molecule has 0 fully saturated rings. The van der Waals surface area contributed by atoms with Gasteiger partial charge in [0.1, 0.15) is 11.5 Å². The molecule has 2 nitrogen and oxygen atoms in total. The summed E-state index contributed by atoms with van der Waals surface area (Å²) in [7, 11) is 0. The number of hydrogen-bond acceptors (Lipinski definition) is 8. The van der Waals surface area contributed by atoms with Crippen molar-refractivity contribution in [2.24, 2.45) is 11.8 Å². The zero-order chi connectivity index (χ0) is 36.8. The first-order chi connectivity index (χ1) is 23.8. The number of benzene rings is 4. The second kappa shape index (κ2) is 23.0. The van der Waals surface area contributed by atoms with E-state index in [1.165, 1.54) is 11.1 Å². The van der Waals surface area contributed by atoms with Crippen LogP contribution >= 0.6 is 23.5 Å². The number of thioether (sulfide) groups is 2. The summed E-state index contributed by atoms with van der Waals surface area (Å²) in [5.41, 5.74) is 6.55. The third kappa shape index (κ3) is 15.1. The Bertz CT molecular complexity index is 1640. The van der Waals surface area contributed by atoms with Crippen molar-refractivity contribution >= 4 is 83.8 Å². The van der Waals surface area contributed by atoms with Crippen molar-refractivity contribution in [1.82, 2.24) is 0 Å². The van der Waals surface area contributed by atoms with E-state index >= 15 is 0 Å². The van der Waals surface area contributed by atoms with Crippen LogP contribution in [0.4, 0.5) is 0 Å². The van der Waals surface area contributed by atoms with Crippen LogP contribution in [0.2, 0.25) is 0 Å². The van der Waals surface area contributed by atoms with Gasteiger partial charge < -0.3 is 60.0 Å². The molecular weight excluding hydrogens is 788 g/mol. The van der Waals surface area contributed by atoms with Gasteiger partial charge in [-0.1, -0.05) is 87.4 Å². The molecule has 9 heteroatoms. The van der Waals surface area contributed by atoms with Gasteiger partial charge in [0.25, 0.3) is 0 Å². The molecule has 0 spiro atoms. The Labute approximate surface area is 348 Å². The largest absolute Gasteiger partial charge is 0.780 e. The summed E-state index contributed by atoms with van der Waals surface area (Å²) in [6.07, 6.45) is 2.03. The van der Waals surface area contributed by atoms with Crippen molar-refractivity contribution in [3.63, 3.8) is 0 Å². The van der Waals surface area contributed by atoms with Gasteiger partial charge in [0.05, 0.1) is 13.2 Å². The minimum absolute atomic E-state index is 0. The molecule has 0 unspecified atom stereocenters. The average molecular weight is 836 g/mol. The fourth-order valence-electron chi connectivity index (χ4n) is 4.56. The minimum Gasteiger partial charge on any atom is -0.780 e. The van der Waals surface area contributed by atoms with Crippen LogP contribution in [0, 0.1) is 39.5 Å². The van der Waals surface area contributed by atoms with Crippen LogP contribution in [0.25, 0.3) is 9.81 Å². The summed E-state index contributed by atoms with van der Waals surface area (Å²) in [5.74, 6) is 2.87. The standard InChI is InChI=1S/2C21H26OS3.Ni/c2*1-14(2)11-12-22-18-10-9-15(3)13-17(18)20(23)21(24)25-19-8-6-5-7-16(19)4;/h2*5-10,13-14,23-24H,11-12H2,1-4H3;/p-4/b2*21-20+;. The quantitative estimate of drug-likeness (QED) is 0.0701. The zero-order valence-corrected chi connectivity index (χ0v) is 36.5. The van der Waals surface area contributed by atoms with Gasteiger partial charge >= 0.3 is 0 Å². The van der Waals surface area contributed by atoms with Crippen molar-refractivity contribution in [2.45, 2.75) is 78.0 Å². The molecule has 278 valence electrons. The average Bonchev–Trinajstić information content (AvgIpc) is 3.07. The maximum absolute atomic E-state index is 5.99. The molecule has 0 radical (unpaired) electrons. The topological polar surface area (TPSA) is 18.5 Å². The molecule has 4 aromatic carbocycles. The van der Waals surface area contributed by atoms with Gasteiger partial charge in [-0.2, -0.15) is 18.3 Å². The summed E-state index contributed by atoms with van der Waals surface area (Å²) in [6, 6.07) is 28.7. The Kier molecular flexibility index (Phi) is 20.3. The predicted octanol–water partition coefficient (Wildman–Crippen LogP) is 12.5. The second-order valence-electron chi connectivity index (χ2n) is 13.0. The monoisotopic (exact) mass is 834 g/mol. The summed E-state index contributed by atoms with van der Waals surface area (Å²) >= 11 is 25.7. The van der Waals surface area contributed by atoms with Gasteiger partial charge in [0, 0.05) is 26.3 Å². The molecule has 0 aliphatic carbocycles. The number of ether oxygens (including phenoxy) is 2. The molecule has 4 rings (SSSR count). The molecule has 0 aliphatic heterocycles.